The Kier molecular flexibility index (Phi) is 7.59. The lowest BCUT2D eigenvalue weighted by Gasteiger charge is -2.18. The maximum absolute atomic E-state index is 11.9. The lowest BCUT2D eigenvalue weighted by molar-refractivity contribution is -0.124. The fraction of sp³-hybridized carbons (Fsp3) is 0.556. The first-order valence-corrected chi connectivity index (χ1v) is 7.97. The molecule has 0 saturated heterocycles. The fourth-order valence-corrected chi connectivity index (χ4v) is 1.80. The fourth-order valence-electron chi connectivity index (χ4n) is 1.80. The van der Waals surface area contributed by atoms with E-state index in [9.17, 15) is 9.59 Å². The molecule has 0 bridgehead atoms. The minimum atomic E-state index is -0.354. The molecule has 1 aromatic carbocycles. The number of ether oxygens (including phenoxy) is 2. The highest BCUT2D eigenvalue weighted by Gasteiger charge is 2.15. The number of anilines is 1. The van der Waals surface area contributed by atoms with Gasteiger partial charge in [-0.25, -0.2) is 0 Å². The lowest BCUT2D eigenvalue weighted by atomic mass is 10.2. The largest absolute Gasteiger partial charge is 0.489 e. The van der Waals surface area contributed by atoms with Crippen LogP contribution < -0.4 is 14.8 Å². The molecule has 0 saturated carbocycles. The molecule has 1 aromatic rings. The number of para-hydroxylation sites is 1. The second kappa shape index (κ2) is 9.18. The van der Waals surface area contributed by atoms with Crippen molar-refractivity contribution >= 4 is 17.4 Å². The standard InChI is InChI=1S/C18H27NO4/c1-12(2)10-22-16-8-6-7-15(18(16)23-11-13(3)4)19-17(21)9-14(5)20/h6-8,12-13H,9-11H2,1-5H3,(H,19,21). The van der Waals surface area contributed by atoms with E-state index in [2.05, 4.69) is 19.2 Å². The van der Waals surface area contributed by atoms with Crippen molar-refractivity contribution in [2.45, 2.75) is 41.0 Å². The summed E-state index contributed by atoms with van der Waals surface area (Å²) in [5.74, 6) is 1.30. The van der Waals surface area contributed by atoms with Crippen LogP contribution in [-0.2, 0) is 9.59 Å². The topological polar surface area (TPSA) is 64.6 Å². The molecular weight excluding hydrogens is 294 g/mol. The average molecular weight is 321 g/mol. The van der Waals surface area contributed by atoms with Crippen molar-refractivity contribution in [1.29, 1.82) is 0 Å². The summed E-state index contributed by atoms with van der Waals surface area (Å²) in [6.45, 7) is 10.7. The third-order valence-electron chi connectivity index (χ3n) is 2.80. The molecule has 128 valence electrons. The van der Waals surface area contributed by atoms with E-state index in [1.807, 2.05) is 19.9 Å². The average Bonchev–Trinajstić information content (AvgIpc) is 2.42. The van der Waals surface area contributed by atoms with Gasteiger partial charge in [0.05, 0.1) is 25.3 Å². The predicted octanol–water partition coefficient (Wildman–Crippen LogP) is 3.67. The van der Waals surface area contributed by atoms with Crippen LogP contribution in [0.1, 0.15) is 41.0 Å². The third-order valence-corrected chi connectivity index (χ3v) is 2.80. The highest BCUT2D eigenvalue weighted by atomic mass is 16.5. The van der Waals surface area contributed by atoms with E-state index < -0.39 is 0 Å². The summed E-state index contributed by atoms with van der Waals surface area (Å²) in [6, 6.07) is 5.36. The van der Waals surface area contributed by atoms with Crippen LogP contribution >= 0.6 is 0 Å². The van der Waals surface area contributed by atoms with E-state index in [0.29, 0.717) is 42.2 Å². The molecule has 0 spiro atoms. The summed E-state index contributed by atoms with van der Waals surface area (Å²) < 4.78 is 11.6. The number of hydrogen-bond acceptors (Lipinski definition) is 4. The molecule has 0 aliphatic heterocycles. The van der Waals surface area contributed by atoms with Gasteiger partial charge in [-0.1, -0.05) is 33.8 Å². The van der Waals surface area contributed by atoms with Crippen LogP contribution in [0.4, 0.5) is 5.69 Å². The van der Waals surface area contributed by atoms with Gasteiger partial charge in [0.15, 0.2) is 11.5 Å². The first kappa shape index (κ1) is 19.0. The van der Waals surface area contributed by atoms with E-state index in [-0.39, 0.29) is 18.1 Å². The predicted molar refractivity (Wildman–Crippen MR) is 91.0 cm³/mol. The first-order valence-electron chi connectivity index (χ1n) is 7.97. The van der Waals surface area contributed by atoms with E-state index in [1.165, 1.54) is 6.92 Å². The normalized spacial score (nSPS) is 10.7. The van der Waals surface area contributed by atoms with Gasteiger partial charge < -0.3 is 14.8 Å². The van der Waals surface area contributed by atoms with E-state index in [4.69, 9.17) is 9.47 Å². The van der Waals surface area contributed by atoms with Gasteiger partial charge in [0.2, 0.25) is 5.91 Å². The number of amides is 1. The van der Waals surface area contributed by atoms with Crippen molar-refractivity contribution in [2.75, 3.05) is 18.5 Å². The van der Waals surface area contributed by atoms with Gasteiger partial charge in [0.25, 0.3) is 0 Å². The highest BCUT2D eigenvalue weighted by Crippen LogP contribution is 2.36. The quantitative estimate of drug-likeness (QED) is 0.705. The SMILES string of the molecule is CC(=O)CC(=O)Nc1cccc(OCC(C)C)c1OCC(C)C. The second-order valence-electron chi connectivity index (χ2n) is 6.47. The summed E-state index contributed by atoms with van der Waals surface area (Å²) in [4.78, 5) is 22.9. The number of rotatable bonds is 9. The molecule has 0 aliphatic carbocycles. The monoisotopic (exact) mass is 321 g/mol. The van der Waals surface area contributed by atoms with Gasteiger partial charge in [0, 0.05) is 0 Å². The molecule has 0 heterocycles. The second-order valence-corrected chi connectivity index (χ2v) is 6.47. The zero-order valence-corrected chi connectivity index (χ0v) is 14.6. The highest BCUT2D eigenvalue weighted by molar-refractivity contribution is 6.04. The lowest BCUT2D eigenvalue weighted by Crippen LogP contribution is -2.17. The molecule has 1 amide bonds. The van der Waals surface area contributed by atoms with E-state index in [1.54, 1.807) is 12.1 Å². The number of hydrogen-bond donors (Lipinski definition) is 1. The molecule has 1 N–H and O–H groups in total. The van der Waals surface area contributed by atoms with Crippen molar-refractivity contribution in [3.8, 4) is 11.5 Å². The van der Waals surface area contributed by atoms with Gasteiger partial charge >= 0.3 is 0 Å². The van der Waals surface area contributed by atoms with Crippen molar-refractivity contribution in [1.82, 2.24) is 0 Å². The molecule has 0 unspecified atom stereocenters. The van der Waals surface area contributed by atoms with Gasteiger partial charge in [-0.15, -0.1) is 0 Å². The Morgan fingerprint density at radius 3 is 2.22 bits per heavy atom. The number of carbonyl (C=O) groups excluding carboxylic acids is 2. The zero-order chi connectivity index (χ0) is 17.4. The van der Waals surface area contributed by atoms with Crippen LogP contribution in [0.3, 0.4) is 0 Å². The Labute approximate surface area is 138 Å². The van der Waals surface area contributed by atoms with Crippen LogP contribution in [0.15, 0.2) is 18.2 Å². The minimum Gasteiger partial charge on any atom is -0.489 e. The third kappa shape index (κ3) is 7.17. The minimum absolute atomic E-state index is 0.152. The summed E-state index contributed by atoms with van der Waals surface area (Å²) in [6.07, 6.45) is -0.152. The molecule has 23 heavy (non-hydrogen) atoms. The van der Waals surface area contributed by atoms with Gasteiger partial charge in [0.1, 0.15) is 5.78 Å². The van der Waals surface area contributed by atoms with Crippen LogP contribution in [0, 0.1) is 11.8 Å². The summed E-state index contributed by atoms with van der Waals surface area (Å²) >= 11 is 0. The van der Waals surface area contributed by atoms with Gasteiger partial charge in [-0.05, 0) is 30.9 Å². The molecule has 0 aromatic heterocycles. The molecule has 1 rings (SSSR count). The zero-order valence-electron chi connectivity index (χ0n) is 14.6. The Morgan fingerprint density at radius 1 is 1.04 bits per heavy atom. The molecule has 0 radical (unpaired) electrons. The molecular formula is C18H27NO4. The number of Topliss-reactive ketones (excluding diaryl/α,β-unsaturated/α-hetero) is 1. The van der Waals surface area contributed by atoms with E-state index in [0.717, 1.165) is 0 Å². The van der Waals surface area contributed by atoms with Crippen LogP contribution in [-0.4, -0.2) is 24.9 Å². The van der Waals surface area contributed by atoms with Crippen LogP contribution in [0.25, 0.3) is 0 Å². The Hall–Kier alpha value is -2.04. The van der Waals surface area contributed by atoms with Crippen molar-refractivity contribution in [2.24, 2.45) is 11.8 Å². The number of benzene rings is 1. The summed E-state index contributed by atoms with van der Waals surface area (Å²) in [7, 11) is 0. The number of nitrogens with one attached hydrogen (secondary N) is 1. The Balaban J connectivity index is 2.98. The molecule has 0 aliphatic rings. The van der Waals surface area contributed by atoms with Crippen LogP contribution in [0.5, 0.6) is 11.5 Å². The van der Waals surface area contributed by atoms with Crippen molar-refractivity contribution in [3.05, 3.63) is 18.2 Å². The summed E-state index contributed by atoms with van der Waals surface area (Å²) in [5, 5.41) is 2.73. The van der Waals surface area contributed by atoms with Gasteiger partial charge in [-0.2, -0.15) is 0 Å². The van der Waals surface area contributed by atoms with E-state index >= 15 is 0 Å². The number of ketones is 1. The van der Waals surface area contributed by atoms with Crippen molar-refractivity contribution in [3.63, 3.8) is 0 Å². The maximum Gasteiger partial charge on any atom is 0.231 e. The summed E-state index contributed by atoms with van der Waals surface area (Å²) in [5.41, 5.74) is 0.526. The molecule has 0 fully saturated rings. The molecule has 0 atom stereocenters. The smallest absolute Gasteiger partial charge is 0.231 e. The molecule has 5 heteroatoms. The number of carbonyl (C=O) groups is 2. The van der Waals surface area contributed by atoms with Crippen LogP contribution in [0.2, 0.25) is 0 Å². The Morgan fingerprint density at radius 2 is 1.65 bits per heavy atom. The maximum atomic E-state index is 11.9. The van der Waals surface area contributed by atoms with Gasteiger partial charge in [-0.3, -0.25) is 9.59 Å². The molecule has 5 nitrogen and oxygen atoms in total. The van der Waals surface area contributed by atoms with Crippen molar-refractivity contribution < 1.29 is 19.1 Å². The Bertz CT molecular complexity index is 538. The first-order chi connectivity index (χ1) is 10.8.